The predicted octanol–water partition coefficient (Wildman–Crippen LogP) is -0.0729. The summed E-state index contributed by atoms with van der Waals surface area (Å²) in [7, 11) is -3.21. The van der Waals surface area contributed by atoms with Gasteiger partial charge in [0, 0.05) is 0 Å². The van der Waals surface area contributed by atoms with Gasteiger partial charge in [0.25, 0.3) is 0 Å². The highest BCUT2D eigenvalue weighted by Crippen LogP contribution is 2.13. The van der Waals surface area contributed by atoms with Crippen LogP contribution < -0.4 is 10.0 Å². The maximum Gasteiger partial charge on any atom is 0.212 e. The molecule has 1 aliphatic heterocycles. The van der Waals surface area contributed by atoms with Gasteiger partial charge in [0.05, 0.1) is 11.8 Å². The highest BCUT2D eigenvalue weighted by atomic mass is 32.2. The van der Waals surface area contributed by atoms with Crippen molar-refractivity contribution < 1.29 is 8.42 Å². The van der Waals surface area contributed by atoms with Crippen LogP contribution in [0.5, 0.6) is 0 Å². The normalized spacial score (nSPS) is 20.8. The van der Waals surface area contributed by atoms with E-state index in [4.69, 9.17) is 6.42 Å². The molecule has 0 aromatic heterocycles. The van der Waals surface area contributed by atoms with Crippen molar-refractivity contribution in [2.75, 3.05) is 18.8 Å². The molecule has 4 nitrogen and oxygen atoms in total. The van der Waals surface area contributed by atoms with E-state index in [1.54, 1.807) is 6.92 Å². The standard InChI is InChI=1S/C10H18N2O2S/c1-3-9(2)12-15(13,14)8-10-4-6-11-7-5-10/h1,9-12H,4-8H2,2H3. The van der Waals surface area contributed by atoms with Crippen molar-refractivity contribution >= 4 is 10.0 Å². The van der Waals surface area contributed by atoms with E-state index < -0.39 is 16.1 Å². The van der Waals surface area contributed by atoms with Gasteiger partial charge in [0.15, 0.2) is 0 Å². The first kappa shape index (κ1) is 12.5. The third-order valence-electron chi connectivity index (χ3n) is 2.52. The van der Waals surface area contributed by atoms with E-state index in [9.17, 15) is 8.42 Å². The fourth-order valence-corrected chi connectivity index (χ4v) is 3.37. The van der Waals surface area contributed by atoms with Crippen LogP contribution in [0.15, 0.2) is 0 Å². The molecule has 0 radical (unpaired) electrons. The SMILES string of the molecule is C#CC(C)NS(=O)(=O)CC1CCNCC1. The van der Waals surface area contributed by atoms with Crippen molar-refractivity contribution in [3.8, 4) is 12.3 Å². The molecule has 1 saturated heterocycles. The summed E-state index contributed by atoms with van der Waals surface area (Å²) in [6, 6.07) is -0.420. The number of nitrogens with one attached hydrogen (secondary N) is 2. The van der Waals surface area contributed by atoms with E-state index in [-0.39, 0.29) is 11.7 Å². The van der Waals surface area contributed by atoms with E-state index in [1.807, 2.05) is 0 Å². The minimum Gasteiger partial charge on any atom is -0.317 e. The number of terminal acetylenes is 1. The summed E-state index contributed by atoms with van der Waals surface area (Å²) in [6.07, 6.45) is 6.97. The Labute approximate surface area is 91.9 Å². The second-order valence-electron chi connectivity index (χ2n) is 3.98. The summed E-state index contributed by atoms with van der Waals surface area (Å²) in [6.45, 7) is 3.48. The van der Waals surface area contributed by atoms with Crippen molar-refractivity contribution in [1.29, 1.82) is 0 Å². The zero-order chi connectivity index (χ0) is 11.3. The number of rotatable bonds is 4. The molecule has 1 aliphatic rings. The molecular formula is C10H18N2O2S. The molecule has 0 saturated carbocycles. The Hall–Kier alpha value is -0.570. The first-order valence-corrected chi connectivity index (χ1v) is 6.85. The molecule has 2 N–H and O–H groups in total. The zero-order valence-corrected chi connectivity index (χ0v) is 9.81. The van der Waals surface area contributed by atoms with Crippen LogP contribution in [0.1, 0.15) is 19.8 Å². The maximum absolute atomic E-state index is 11.6. The van der Waals surface area contributed by atoms with Crippen molar-refractivity contribution in [3.05, 3.63) is 0 Å². The Balaban J connectivity index is 2.45. The molecule has 0 amide bonds. The number of hydrogen-bond donors (Lipinski definition) is 2. The van der Waals surface area contributed by atoms with Crippen LogP contribution in [-0.4, -0.2) is 33.3 Å². The molecule has 0 spiro atoms. The molecule has 15 heavy (non-hydrogen) atoms. The fraction of sp³-hybridized carbons (Fsp3) is 0.800. The molecule has 0 bridgehead atoms. The highest BCUT2D eigenvalue weighted by molar-refractivity contribution is 7.89. The molecule has 86 valence electrons. The molecule has 1 atom stereocenters. The van der Waals surface area contributed by atoms with Gasteiger partial charge in [-0.1, -0.05) is 5.92 Å². The lowest BCUT2D eigenvalue weighted by Crippen LogP contribution is -2.38. The van der Waals surface area contributed by atoms with E-state index in [2.05, 4.69) is 16.0 Å². The van der Waals surface area contributed by atoms with Crippen LogP contribution in [0.4, 0.5) is 0 Å². The summed E-state index contributed by atoms with van der Waals surface area (Å²) in [4.78, 5) is 0. The van der Waals surface area contributed by atoms with Gasteiger partial charge in [-0.2, -0.15) is 0 Å². The second-order valence-corrected chi connectivity index (χ2v) is 5.78. The minimum atomic E-state index is -3.21. The largest absolute Gasteiger partial charge is 0.317 e. The summed E-state index contributed by atoms with van der Waals surface area (Å²) >= 11 is 0. The van der Waals surface area contributed by atoms with Crippen molar-refractivity contribution in [3.63, 3.8) is 0 Å². The van der Waals surface area contributed by atoms with Gasteiger partial charge >= 0.3 is 0 Å². The number of piperidine rings is 1. The van der Waals surface area contributed by atoms with Gasteiger partial charge in [0.2, 0.25) is 10.0 Å². The Kier molecular flexibility index (Phi) is 4.58. The van der Waals surface area contributed by atoms with Gasteiger partial charge in [-0.05, 0) is 38.8 Å². The molecule has 0 aliphatic carbocycles. The zero-order valence-electron chi connectivity index (χ0n) is 8.99. The molecule has 0 aromatic carbocycles. The highest BCUT2D eigenvalue weighted by Gasteiger charge is 2.21. The molecule has 5 heteroatoms. The average Bonchev–Trinajstić information content (AvgIpc) is 2.17. The monoisotopic (exact) mass is 230 g/mol. The summed E-state index contributed by atoms with van der Waals surface area (Å²) in [5.74, 6) is 2.81. The van der Waals surface area contributed by atoms with Gasteiger partial charge in [-0.25, -0.2) is 13.1 Å². The lowest BCUT2D eigenvalue weighted by atomic mass is 10.0. The molecule has 1 heterocycles. The first-order valence-electron chi connectivity index (χ1n) is 5.20. The van der Waals surface area contributed by atoms with Gasteiger partial charge in [0.1, 0.15) is 0 Å². The Bertz CT molecular complexity index is 326. The van der Waals surface area contributed by atoms with E-state index in [1.165, 1.54) is 0 Å². The number of hydrogen-bond acceptors (Lipinski definition) is 3. The predicted molar refractivity (Wildman–Crippen MR) is 60.8 cm³/mol. The van der Waals surface area contributed by atoms with Gasteiger partial charge in [-0.15, -0.1) is 6.42 Å². The van der Waals surface area contributed by atoms with Crippen molar-refractivity contribution in [1.82, 2.24) is 10.0 Å². The maximum atomic E-state index is 11.6. The van der Waals surface area contributed by atoms with Crippen LogP contribution in [0.3, 0.4) is 0 Å². The summed E-state index contributed by atoms with van der Waals surface area (Å²) in [5, 5.41) is 3.20. The van der Waals surface area contributed by atoms with Crippen molar-refractivity contribution in [2.45, 2.75) is 25.8 Å². The smallest absolute Gasteiger partial charge is 0.212 e. The van der Waals surface area contributed by atoms with Crippen molar-refractivity contribution in [2.24, 2.45) is 5.92 Å². The third kappa shape index (κ3) is 4.65. The average molecular weight is 230 g/mol. The Morgan fingerprint density at radius 2 is 2.13 bits per heavy atom. The van der Waals surface area contributed by atoms with E-state index in [0.29, 0.717) is 0 Å². The molecule has 0 aromatic rings. The molecule has 1 unspecified atom stereocenters. The Morgan fingerprint density at radius 3 is 2.67 bits per heavy atom. The summed E-state index contributed by atoms with van der Waals surface area (Å²) in [5.41, 5.74) is 0. The lowest BCUT2D eigenvalue weighted by Gasteiger charge is -2.22. The summed E-state index contributed by atoms with van der Waals surface area (Å²) < 4.78 is 25.8. The number of sulfonamides is 1. The molecule has 1 fully saturated rings. The topological polar surface area (TPSA) is 58.2 Å². The van der Waals surface area contributed by atoms with Crippen LogP contribution in [-0.2, 0) is 10.0 Å². The minimum absolute atomic E-state index is 0.195. The van der Waals surface area contributed by atoms with E-state index in [0.717, 1.165) is 25.9 Å². The van der Waals surface area contributed by atoms with Crippen LogP contribution in [0, 0.1) is 18.3 Å². The fourth-order valence-electron chi connectivity index (χ4n) is 1.71. The van der Waals surface area contributed by atoms with Crippen LogP contribution in [0.2, 0.25) is 0 Å². The Morgan fingerprint density at radius 1 is 1.53 bits per heavy atom. The first-order chi connectivity index (χ1) is 7.03. The second kappa shape index (κ2) is 5.50. The molecular weight excluding hydrogens is 212 g/mol. The van der Waals surface area contributed by atoms with Gasteiger partial charge < -0.3 is 5.32 Å². The van der Waals surface area contributed by atoms with E-state index >= 15 is 0 Å². The van der Waals surface area contributed by atoms with Gasteiger partial charge in [-0.3, -0.25) is 0 Å². The third-order valence-corrected chi connectivity index (χ3v) is 4.14. The molecule has 1 rings (SSSR count). The van der Waals surface area contributed by atoms with Crippen LogP contribution >= 0.6 is 0 Å². The quantitative estimate of drug-likeness (QED) is 0.665. The lowest BCUT2D eigenvalue weighted by molar-refractivity contribution is 0.400. The van der Waals surface area contributed by atoms with Crippen LogP contribution in [0.25, 0.3) is 0 Å².